The van der Waals surface area contributed by atoms with Crippen LogP contribution in [0.2, 0.25) is 0 Å². The van der Waals surface area contributed by atoms with E-state index in [0.29, 0.717) is 6.42 Å². The summed E-state index contributed by atoms with van der Waals surface area (Å²) >= 11 is 1.59. The molecule has 0 aromatic rings. The third-order valence-corrected chi connectivity index (χ3v) is 3.64. The fraction of sp³-hybridized carbons (Fsp3) is 0.818. The van der Waals surface area contributed by atoms with Crippen molar-refractivity contribution in [2.75, 3.05) is 6.26 Å². The average molecular weight is 247 g/mol. The molecule has 3 atom stereocenters. The van der Waals surface area contributed by atoms with Gasteiger partial charge in [0.25, 0.3) is 0 Å². The molecular weight excluding hydrogens is 226 g/mol. The summed E-state index contributed by atoms with van der Waals surface area (Å²) in [6, 6.07) is -0.772. The molecule has 0 rings (SSSR count). The largest absolute Gasteiger partial charge is 0.480 e. The Balaban J connectivity index is 4.30. The van der Waals surface area contributed by atoms with Crippen molar-refractivity contribution < 1.29 is 14.7 Å². The van der Waals surface area contributed by atoms with Crippen LogP contribution in [0.15, 0.2) is 0 Å². The van der Waals surface area contributed by atoms with E-state index in [-0.39, 0.29) is 17.1 Å². The number of rotatable bonds is 7. The predicted molar refractivity (Wildman–Crippen MR) is 66.6 cm³/mol. The molecule has 4 nitrogen and oxygen atoms in total. The van der Waals surface area contributed by atoms with E-state index >= 15 is 0 Å². The van der Waals surface area contributed by atoms with Crippen LogP contribution in [0, 0.1) is 5.92 Å². The van der Waals surface area contributed by atoms with Crippen molar-refractivity contribution >= 4 is 23.6 Å². The van der Waals surface area contributed by atoms with Crippen molar-refractivity contribution in [3.8, 4) is 0 Å². The lowest BCUT2D eigenvalue weighted by Gasteiger charge is -2.20. The van der Waals surface area contributed by atoms with E-state index in [4.69, 9.17) is 5.11 Å². The van der Waals surface area contributed by atoms with Gasteiger partial charge in [-0.1, -0.05) is 27.2 Å². The molecule has 0 aromatic carbocycles. The van der Waals surface area contributed by atoms with Crippen molar-refractivity contribution in [1.82, 2.24) is 5.32 Å². The van der Waals surface area contributed by atoms with Crippen LogP contribution in [0.3, 0.4) is 0 Å². The van der Waals surface area contributed by atoms with Gasteiger partial charge in [0.1, 0.15) is 6.04 Å². The maximum Gasteiger partial charge on any atom is 0.326 e. The first-order chi connectivity index (χ1) is 7.42. The van der Waals surface area contributed by atoms with E-state index in [1.807, 2.05) is 27.0 Å². The predicted octanol–water partition coefficient (Wildman–Crippen LogP) is 1.74. The zero-order valence-corrected chi connectivity index (χ0v) is 11.1. The first-order valence-corrected chi connectivity index (χ1v) is 6.76. The fourth-order valence-electron chi connectivity index (χ4n) is 1.26. The molecule has 2 N–H and O–H groups in total. The van der Waals surface area contributed by atoms with E-state index in [2.05, 4.69) is 5.32 Å². The highest BCUT2D eigenvalue weighted by Crippen LogP contribution is 2.11. The van der Waals surface area contributed by atoms with Gasteiger partial charge in [-0.15, -0.1) is 0 Å². The van der Waals surface area contributed by atoms with Crippen LogP contribution in [-0.4, -0.2) is 34.5 Å². The van der Waals surface area contributed by atoms with Crippen molar-refractivity contribution in [1.29, 1.82) is 0 Å². The summed E-state index contributed by atoms with van der Waals surface area (Å²) in [6.07, 6.45) is 3.03. The smallest absolute Gasteiger partial charge is 0.326 e. The number of hydrogen-bond donors (Lipinski definition) is 2. The van der Waals surface area contributed by atoms with Crippen LogP contribution in [0.25, 0.3) is 0 Å². The van der Waals surface area contributed by atoms with Gasteiger partial charge in [0.15, 0.2) is 0 Å². The van der Waals surface area contributed by atoms with E-state index in [1.54, 1.807) is 11.8 Å². The summed E-state index contributed by atoms with van der Waals surface area (Å²) in [4.78, 5) is 22.5. The number of carboxylic acid groups (broad SMARTS) is 1. The number of aliphatic carboxylic acids is 1. The van der Waals surface area contributed by atoms with Crippen molar-refractivity contribution in [3.05, 3.63) is 0 Å². The van der Waals surface area contributed by atoms with Crippen LogP contribution in [0.5, 0.6) is 0 Å². The number of carboxylic acids is 1. The maximum atomic E-state index is 11.6. The zero-order chi connectivity index (χ0) is 12.7. The topological polar surface area (TPSA) is 66.4 Å². The molecule has 0 spiro atoms. The van der Waals surface area contributed by atoms with Crippen LogP contribution < -0.4 is 5.32 Å². The Kier molecular flexibility index (Phi) is 7.21. The van der Waals surface area contributed by atoms with Crippen molar-refractivity contribution in [3.63, 3.8) is 0 Å². The molecule has 0 saturated heterocycles. The van der Waals surface area contributed by atoms with Gasteiger partial charge in [-0.25, -0.2) is 4.79 Å². The second kappa shape index (κ2) is 7.54. The van der Waals surface area contributed by atoms with Crippen molar-refractivity contribution in [2.45, 2.75) is 44.9 Å². The van der Waals surface area contributed by atoms with E-state index in [0.717, 1.165) is 6.42 Å². The first-order valence-electron chi connectivity index (χ1n) is 5.47. The highest BCUT2D eigenvalue weighted by Gasteiger charge is 2.25. The molecule has 0 bridgehead atoms. The monoisotopic (exact) mass is 247 g/mol. The van der Waals surface area contributed by atoms with E-state index in [1.165, 1.54) is 0 Å². The minimum absolute atomic E-state index is 0.0500. The Bertz CT molecular complexity index is 245. The minimum atomic E-state index is -0.959. The standard InChI is InChI=1S/C11H21NO3S/c1-5-7(2)10(11(14)15)12-9(13)6-8(3)16-4/h7-8,10H,5-6H2,1-4H3,(H,12,13)(H,14,15). The molecular formula is C11H21NO3S. The lowest BCUT2D eigenvalue weighted by atomic mass is 9.99. The zero-order valence-electron chi connectivity index (χ0n) is 10.3. The van der Waals surface area contributed by atoms with Crippen molar-refractivity contribution in [2.24, 2.45) is 5.92 Å². The summed E-state index contributed by atoms with van der Waals surface area (Å²) in [7, 11) is 0. The third kappa shape index (κ3) is 5.39. The molecule has 0 aliphatic rings. The third-order valence-electron chi connectivity index (χ3n) is 2.67. The summed E-state index contributed by atoms with van der Waals surface area (Å²) in [6.45, 7) is 5.69. The molecule has 0 heterocycles. The molecule has 0 aliphatic heterocycles. The summed E-state index contributed by atoms with van der Waals surface area (Å²) in [5, 5.41) is 11.8. The lowest BCUT2D eigenvalue weighted by Crippen LogP contribution is -2.45. The fourth-order valence-corrected chi connectivity index (χ4v) is 1.58. The van der Waals surface area contributed by atoms with E-state index in [9.17, 15) is 9.59 Å². The first kappa shape index (κ1) is 15.3. The number of thioether (sulfide) groups is 1. The molecule has 94 valence electrons. The van der Waals surface area contributed by atoms with Crippen LogP contribution in [0.4, 0.5) is 0 Å². The summed E-state index contributed by atoms with van der Waals surface area (Å²) < 4.78 is 0. The summed E-state index contributed by atoms with van der Waals surface area (Å²) in [5.41, 5.74) is 0. The van der Waals surface area contributed by atoms with Gasteiger partial charge in [-0.05, 0) is 12.2 Å². The molecule has 0 aliphatic carbocycles. The Morgan fingerprint density at radius 2 is 1.94 bits per heavy atom. The Morgan fingerprint density at radius 1 is 1.38 bits per heavy atom. The van der Waals surface area contributed by atoms with E-state index < -0.39 is 12.0 Å². The number of hydrogen-bond acceptors (Lipinski definition) is 3. The molecule has 0 radical (unpaired) electrons. The summed E-state index contributed by atoms with van der Waals surface area (Å²) in [5.74, 6) is -1.19. The minimum Gasteiger partial charge on any atom is -0.480 e. The lowest BCUT2D eigenvalue weighted by molar-refractivity contribution is -0.143. The Hall–Kier alpha value is -0.710. The van der Waals surface area contributed by atoms with Gasteiger partial charge in [0.05, 0.1) is 0 Å². The van der Waals surface area contributed by atoms with Crippen LogP contribution in [0.1, 0.15) is 33.6 Å². The van der Waals surface area contributed by atoms with Gasteiger partial charge < -0.3 is 10.4 Å². The molecule has 3 unspecified atom stereocenters. The Labute approximate surface area is 101 Å². The van der Waals surface area contributed by atoms with Gasteiger partial charge in [-0.3, -0.25) is 4.79 Å². The molecule has 1 amide bonds. The van der Waals surface area contributed by atoms with Gasteiger partial charge in [0.2, 0.25) is 5.91 Å². The molecule has 16 heavy (non-hydrogen) atoms. The van der Waals surface area contributed by atoms with Gasteiger partial charge in [-0.2, -0.15) is 11.8 Å². The molecule has 5 heteroatoms. The number of carbonyl (C=O) groups excluding carboxylic acids is 1. The Morgan fingerprint density at radius 3 is 2.31 bits per heavy atom. The number of amides is 1. The number of carbonyl (C=O) groups is 2. The molecule has 0 fully saturated rings. The highest BCUT2D eigenvalue weighted by molar-refractivity contribution is 7.99. The van der Waals surface area contributed by atoms with Crippen LogP contribution >= 0.6 is 11.8 Å². The second-order valence-corrected chi connectivity index (χ2v) is 5.30. The highest BCUT2D eigenvalue weighted by atomic mass is 32.2. The quantitative estimate of drug-likeness (QED) is 0.719. The van der Waals surface area contributed by atoms with Gasteiger partial charge in [0, 0.05) is 11.7 Å². The average Bonchev–Trinajstić information content (AvgIpc) is 2.24. The van der Waals surface area contributed by atoms with Crippen LogP contribution in [-0.2, 0) is 9.59 Å². The molecule has 0 aromatic heterocycles. The van der Waals surface area contributed by atoms with Gasteiger partial charge >= 0.3 is 5.97 Å². The number of nitrogens with one attached hydrogen (secondary N) is 1. The SMILES string of the molecule is CCC(C)C(NC(=O)CC(C)SC)C(=O)O. The molecule has 0 saturated carbocycles. The second-order valence-electron chi connectivity index (χ2n) is 4.02. The normalized spacial score (nSPS) is 16.2. The maximum absolute atomic E-state index is 11.6.